The smallest absolute Gasteiger partial charge is 0.322 e. The standard InChI is InChI=1S/C19H28N4O2/c24-19(23(17-5-6-17)13-15-8-11-25-14-15)21-16-4-7-18(20-12-16)22-9-2-1-3-10-22/h4,7,12,15,17H,1-3,5-6,8-11,13-14H2,(H,21,24)/t15-/m1/s1. The minimum absolute atomic E-state index is 0.00178. The van der Waals surface area contributed by atoms with E-state index < -0.39 is 0 Å². The molecule has 1 aliphatic carbocycles. The van der Waals surface area contributed by atoms with E-state index in [0.717, 1.165) is 63.6 Å². The van der Waals surface area contributed by atoms with Crippen LogP contribution < -0.4 is 10.2 Å². The van der Waals surface area contributed by atoms with Gasteiger partial charge in [-0.3, -0.25) is 0 Å². The van der Waals surface area contributed by atoms with Gasteiger partial charge in [-0.25, -0.2) is 9.78 Å². The fraction of sp³-hybridized carbons (Fsp3) is 0.684. The normalized spacial score (nSPS) is 23.5. The summed E-state index contributed by atoms with van der Waals surface area (Å²) in [6.45, 7) is 4.57. The number of pyridine rings is 1. The number of hydrogen-bond acceptors (Lipinski definition) is 4. The van der Waals surface area contributed by atoms with Crippen molar-refractivity contribution in [2.24, 2.45) is 5.92 Å². The molecule has 6 nitrogen and oxygen atoms in total. The molecular formula is C19H28N4O2. The Labute approximate surface area is 149 Å². The molecule has 1 saturated carbocycles. The van der Waals surface area contributed by atoms with Crippen LogP contribution in [0, 0.1) is 5.92 Å². The van der Waals surface area contributed by atoms with Crippen LogP contribution in [0.4, 0.5) is 16.3 Å². The Morgan fingerprint density at radius 3 is 2.72 bits per heavy atom. The second-order valence-electron chi connectivity index (χ2n) is 7.50. The van der Waals surface area contributed by atoms with Crippen molar-refractivity contribution in [1.29, 1.82) is 0 Å². The molecule has 1 aromatic rings. The van der Waals surface area contributed by atoms with Gasteiger partial charge in [-0.05, 0) is 50.7 Å². The first kappa shape index (κ1) is 16.6. The zero-order valence-corrected chi connectivity index (χ0v) is 14.8. The fourth-order valence-electron chi connectivity index (χ4n) is 3.75. The fourth-order valence-corrected chi connectivity index (χ4v) is 3.75. The summed E-state index contributed by atoms with van der Waals surface area (Å²) in [5.41, 5.74) is 0.777. The summed E-state index contributed by atoms with van der Waals surface area (Å²) in [7, 11) is 0. The maximum atomic E-state index is 12.7. The first-order chi connectivity index (χ1) is 12.3. The summed E-state index contributed by atoms with van der Waals surface area (Å²) >= 11 is 0. The third-order valence-corrected chi connectivity index (χ3v) is 5.41. The van der Waals surface area contributed by atoms with Gasteiger partial charge >= 0.3 is 6.03 Å². The Balaban J connectivity index is 1.35. The van der Waals surface area contributed by atoms with E-state index in [9.17, 15) is 4.79 Å². The maximum Gasteiger partial charge on any atom is 0.322 e. The van der Waals surface area contributed by atoms with Crippen molar-refractivity contribution < 1.29 is 9.53 Å². The SMILES string of the molecule is O=C(Nc1ccc(N2CCCCC2)nc1)N(C[C@H]1CCOC1)C1CC1. The Hall–Kier alpha value is -1.82. The number of carbonyl (C=O) groups is 1. The highest BCUT2D eigenvalue weighted by atomic mass is 16.5. The van der Waals surface area contributed by atoms with Gasteiger partial charge in [0.15, 0.2) is 0 Å². The molecule has 0 aromatic carbocycles. The summed E-state index contributed by atoms with van der Waals surface area (Å²) in [5, 5.41) is 3.03. The summed E-state index contributed by atoms with van der Waals surface area (Å²) in [6, 6.07) is 4.40. The molecular weight excluding hydrogens is 316 g/mol. The number of ether oxygens (including phenoxy) is 1. The molecule has 2 aliphatic heterocycles. The minimum atomic E-state index is 0.00178. The highest BCUT2D eigenvalue weighted by Gasteiger charge is 2.34. The monoisotopic (exact) mass is 344 g/mol. The Kier molecular flexibility index (Phi) is 5.06. The van der Waals surface area contributed by atoms with Crippen LogP contribution in [0.3, 0.4) is 0 Å². The molecule has 3 aliphatic rings. The molecule has 1 aromatic heterocycles. The van der Waals surface area contributed by atoms with Gasteiger partial charge in [-0.15, -0.1) is 0 Å². The number of nitrogens with one attached hydrogen (secondary N) is 1. The molecule has 1 atom stereocenters. The quantitative estimate of drug-likeness (QED) is 0.892. The first-order valence-corrected chi connectivity index (χ1v) is 9.66. The van der Waals surface area contributed by atoms with Crippen molar-refractivity contribution in [3.05, 3.63) is 18.3 Å². The van der Waals surface area contributed by atoms with Crippen LogP contribution in [-0.2, 0) is 4.74 Å². The molecule has 0 spiro atoms. The van der Waals surface area contributed by atoms with Crippen LogP contribution >= 0.6 is 0 Å². The molecule has 25 heavy (non-hydrogen) atoms. The number of anilines is 2. The molecule has 0 bridgehead atoms. The van der Waals surface area contributed by atoms with E-state index >= 15 is 0 Å². The van der Waals surface area contributed by atoms with Gasteiger partial charge in [0.2, 0.25) is 0 Å². The number of piperidine rings is 1. The predicted octanol–water partition coefficient (Wildman–Crippen LogP) is 3.10. The van der Waals surface area contributed by atoms with Crippen LogP contribution in [0.25, 0.3) is 0 Å². The lowest BCUT2D eigenvalue weighted by molar-refractivity contribution is 0.167. The number of aromatic nitrogens is 1. The van der Waals surface area contributed by atoms with Crippen LogP contribution in [0.2, 0.25) is 0 Å². The van der Waals surface area contributed by atoms with Crippen molar-refractivity contribution in [1.82, 2.24) is 9.88 Å². The van der Waals surface area contributed by atoms with Gasteiger partial charge in [0.1, 0.15) is 5.82 Å². The second-order valence-corrected chi connectivity index (χ2v) is 7.50. The van der Waals surface area contributed by atoms with Gasteiger partial charge in [-0.2, -0.15) is 0 Å². The Bertz CT molecular complexity index is 576. The van der Waals surface area contributed by atoms with E-state index in [-0.39, 0.29) is 6.03 Å². The van der Waals surface area contributed by atoms with Crippen molar-refractivity contribution >= 4 is 17.5 Å². The van der Waals surface area contributed by atoms with E-state index in [1.165, 1.54) is 19.3 Å². The largest absolute Gasteiger partial charge is 0.381 e. The molecule has 3 fully saturated rings. The van der Waals surface area contributed by atoms with E-state index in [2.05, 4.69) is 15.2 Å². The van der Waals surface area contributed by atoms with E-state index in [4.69, 9.17) is 4.74 Å². The number of hydrogen-bond donors (Lipinski definition) is 1. The van der Waals surface area contributed by atoms with Crippen molar-refractivity contribution in [2.75, 3.05) is 43.1 Å². The first-order valence-electron chi connectivity index (χ1n) is 9.66. The highest BCUT2D eigenvalue weighted by Crippen LogP contribution is 2.29. The number of urea groups is 1. The molecule has 6 heteroatoms. The van der Waals surface area contributed by atoms with E-state index in [1.54, 1.807) is 6.20 Å². The average molecular weight is 344 g/mol. The zero-order valence-electron chi connectivity index (χ0n) is 14.8. The molecule has 0 radical (unpaired) electrons. The molecule has 1 N–H and O–H groups in total. The van der Waals surface area contributed by atoms with Crippen molar-refractivity contribution in [3.63, 3.8) is 0 Å². The summed E-state index contributed by atoms with van der Waals surface area (Å²) in [5.74, 6) is 1.49. The van der Waals surface area contributed by atoms with Gasteiger partial charge in [-0.1, -0.05) is 0 Å². The Morgan fingerprint density at radius 1 is 1.24 bits per heavy atom. The molecule has 2 amide bonds. The van der Waals surface area contributed by atoms with E-state index in [1.807, 2.05) is 17.0 Å². The van der Waals surface area contributed by atoms with Crippen molar-refractivity contribution in [3.8, 4) is 0 Å². The number of nitrogens with zero attached hydrogens (tertiary/aromatic N) is 3. The van der Waals surface area contributed by atoms with Crippen LogP contribution in [0.1, 0.15) is 38.5 Å². The number of rotatable bonds is 5. The molecule has 4 rings (SSSR count). The topological polar surface area (TPSA) is 57.7 Å². The van der Waals surface area contributed by atoms with Gasteiger partial charge < -0.3 is 19.9 Å². The summed E-state index contributed by atoms with van der Waals surface area (Å²) < 4.78 is 5.45. The number of amides is 2. The van der Waals surface area contributed by atoms with Gasteiger partial charge in [0.25, 0.3) is 0 Å². The third kappa shape index (κ3) is 4.24. The van der Waals surface area contributed by atoms with Crippen LogP contribution in [0.5, 0.6) is 0 Å². The molecule has 2 saturated heterocycles. The van der Waals surface area contributed by atoms with Crippen LogP contribution in [-0.4, -0.2) is 54.8 Å². The zero-order chi connectivity index (χ0) is 17.1. The lowest BCUT2D eigenvalue weighted by Crippen LogP contribution is -2.40. The highest BCUT2D eigenvalue weighted by molar-refractivity contribution is 5.89. The summed E-state index contributed by atoms with van der Waals surface area (Å²) in [6.07, 6.45) is 8.87. The second kappa shape index (κ2) is 7.60. The molecule has 136 valence electrons. The molecule has 0 unspecified atom stereocenters. The Morgan fingerprint density at radius 2 is 2.08 bits per heavy atom. The van der Waals surface area contributed by atoms with Crippen LogP contribution in [0.15, 0.2) is 18.3 Å². The third-order valence-electron chi connectivity index (χ3n) is 5.41. The lowest BCUT2D eigenvalue weighted by atomic mass is 10.1. The number of carbonyl (C=O) groups excluding carboxylic acids is 1. The minimum Gasteiger partial charge on any atom is -0.381 e. The average Bonchev–Trinajstić information content (AvgIpc) is 3.36. The predicted molar refractivity (Wildman–Crippen MR) is 98.0 cm³/mol. The lowest BCUT2D eigenvalue weighted by Gasteiger charge is -2.28. The van der Waals surface area contributed by atoms with Gasteiger partial charge in [0, 0.05) is 38.2 Å². The van der Waals surface area contributed by atoms with E-state index in [0.29, 0.717) is 12.0 Å². The summed E-state index contributed by atoms with van der Waals surface area (Å²) in [4.78, 5) is 21.6. The maximum absolute atomic E-state index is 12.7. The molecule has 3 heterocycles. The van der Waals surface area contributed by atoms with Gasteiger partial charge in [0.05, 0.1) is 18.5 Å². The van der Waals surface area contributed by atoms with Crippen molar-refractivity contribution in [2.45, 2.75) is 44.6 Å².